The fourth-order valence-corrected chi connectivity index (χ4v) is 3.23. The number of alkyl carbamates (subject to hydrolysis) is 1. The molecule has 8 heteroatoms. The van der Waals surface area contributed by atoms with Crippen LogP contribution < -0.4 is 10.6 Å². The maximum absolute atomic E-state index is 11.7. The number of carbonyl (C=O) groups is 1. The Morgan fingerprint density at radius 3 is 2.89 bits per heavy atom. The summed E-state index contributed by atoms with van der Waals surface area (Å²) in [6, 6.07) is 5.94. The van der Waals surface area contributed by atoms with Gasteiger partial charge in [-0.15, -0.1) is 0 Å². The monoisotopic (exact) mass is 368 g/mol. The van der Waals surface area contributed by atoms with Crippen molar-refractivity contribution < 1.29 is 9.53 Å². The van der Waals surface area contributed by atoms with E-state index < -0.39 is 0 Å². The van der Waals surface area contributed by atoms with E-state index in [9.17, 15) is 4.79 Å². The minimum atomic E-state index is -0.357. The van der Waals surface area contributed by atoms with E-state index in [1.165, 1.54) is 0 Å². The second-order valence-electron chi connectivity index (χ2n) is 7.17. The number of nitrogens with zero attached hydrogens (tertiary/aromatic N) is 3. The third kappa shape index (κ3) is 4.76. The number of pyridine rings is 1. The summed E-state index contributed by atoms with van der Waals surface area (Å²) in [7, 11) is 0. The molecule has 0 unspecified atom stereocenters. The largest absolute Gasteiger partial charge is 0.446 e. The molecule has 8 nitrogen and oxygen atoms in total. The molecule has 0 spiro atoms. The average Bonchev–Trinajstić information content (AvgIpc) is 3.23. The van der Waals surface area contributed by atoms with E-state index in [-0.39, 0.29) is 24.2 Å². The first kappa shape index (κ1) is 18.7. The van der Waals surface area contributed by atoms with Crippen molar-refractivity contribution in [3.8, 4) is 6.07 Å². The van der Waals surface area contributed by atoms with Crippen molar-refractivity contribution in [1.82, 2.24) is 20.5 Å². The highest BCUT2D eigenvalue weighted by Gasteiger charge is 2.30. The molecule has 2 aromatic heterocycles. The number of aryl methyl sites for hydroxylation is 1. The van der Waals surface area contributed by atoms with Gasteiger partial charge in [-0.05, 0) is 51.7 Å². The maximum atomic E-state index is 11.7. The maximum Gasteiger partial charge on any atom is 0.407 e. The Morgan fingerprint density at radius 2 is 2.19 bits per heavy atom. The van der Waals surface area contributed by atoms with E-state index in [2.05, 4.69) is 31.9 Å². The van der Waals surface area contributed by atoms with Gasteiger partial charge in [0.25, 0.3) is 0 Å². The van der Waals surface area contributed by atoms with Gasteiger partial charge in [-0.2, -0.15) is 10.4 Å². The molecule has 2 aromatic rings. The lowest BCUT2D eigenvalue weighted by Crippen LogP contribution is -2.33. The second kappa shape index (κ2) is 8.08. The van der Waals surface area contributed by atoms with Gasteiger partial charge in [0.2, 0.25) is 0 Å². The molecule has 1 saturated carbocycles. The summed E-state index contributed by atoms with van der Waals surface area (Å²) in [4.78, 5) is 16.0. The van der Waals surface area contributed by atoms with Crippen molar-refractivity contribution in [3.05, 3.63) is 35.2 Å². The van der Waals surface area contributed by atoms with Crippen LogP contribution in [0.1, 0.15) is 55.8 Å². The van der Waals surface area contributed by atoms with Crippen LogP contribution in [0.15, 0.2) is 18.3 Å². The highest BCUT2D eigenvalue weighted by molar-refractivity contribution is 5.67. The van der Waals surface area contributed by atoms with Gasteiger partial charge in [-0.25, -0.2) is 9.78 Å². The van der Waals surface area contributed by atoms with Gasteiger partial charge in [-0.3, -0.25) is 5.10 Å². The van der Waals surface area contributed by atoms with Crippen LogP contribution in [-0.4, -0.2) is 33.4 Å². The minimum absolute atomic E-state index is 0.0652. The quantitative estimate of drug-likeness (QED) is 0.744. The number of carbonyl (C=O) groups excluding carboxylic acids is 1. The lowest BCUT2D eigenvalue weighted by atomic mass is 10.0. The van der Waals surface area contributed by atoms with E-state index >= 15 is 0 Å². The molecule has 0 radical (unpaired) electrons. The Balaban J connectivity index is 1.57. The van der Waals surface area contributed by atoms with Crippen molar-refractivity contribution in [2.24, 2.45) is 0 Å². The van der Waals surface area contributed by atoms with Crippen LogP contribution in [0.5, 0.6) is 0 Å². The first-order valence-corrected chi connectivity index (χ1v) is 9.10. The van der Waals surface area contributed by atoms with Crippen molar-refractivity contribution in [2.45, 2.75) is 58.1 Å². The zero-order chi connectivity index (χ0) is 19.4. The van der Waals surface area contributed by atoms with Gasteiger partial charge in [0.1, 0.15) is 18.0 Å². The van der Waals surface area contributed by atoms with Crippen molar-refractivity contribution >= 4 is 17.7 Å². The predicted molar refractivity (Wildman–Crippen MR) is 101 cm³/mol. The number of aromatic amines is 1. The molecule has 1 aliphatic rings. The van der Waals surface area contributed by atoms with Crippen LogP contribution in [0, 0.1) is 18.3 Å². The molecule has 1 amide bonds. The van der Waals surface area contributed by atoms with Gasteiger partial charge < -0.3 is 15.4 Å². The Morgan fingerprint density at radius 1 is 1.37 bits per heavy atom. The fourth-order valence-electron chi connectivity index (χ4n) is 3.23. The topological polar surface area (TPSA) is 116 Å². The molecule has 3 rings (SSSR count). The molecule has 0 aliphatic heterocycles. The Bertz CT molecular complexity index is 854. The SMILES string of the molecule is Cc1cc(Nc2cc([C@H]3CC[C@@H](OC(=O)NC(C)C)C3)[nH]n2)ncc1C#N. The second-order valence-corrected chi connectivity index (χ2v) is 7.17. The first-order chi connectivity index (χ1) is 12.9. The van der Waals surface area contributed by atoms with Gasteiger partial charge in [-0.1, -0.05) is 0 Å². The molecule has 27 heavy (non-hydrogen) atoms. The van der Waals surface area contributed by atoms with Crippen LogP contribution in [-0.2, 0) is 4.74 Å². The van der Waals surface area contributed by atoms with Crippen molar-refractivity contribution in [3.63, 3.8) is 0 Å². The molecule has 3 N–H and O–H groups in total. The number of anilines is 2. The Labute approximate surface area is 158 Å². The van der Waals surface area contributed by atoms with Gasteiger partial charge in [0.05, 0.1) is 5.56 Å². The lowest BCUT2D eigenvalue weighted by molar-refractivity contribution is 0.0981. The number of nitriles is 1. The van der Waals surface area contributed by atoms with Gasteiger partial charge in [0.15, 0.2) is 5.82 Å². The van der Waals surface area contributed by atoms with E-state index in [1.807, 2.05) is 32.9 Å². The summed E-state index contributed by atoms with van der Waals surface area (Å²) in [5.41, 5.74) is 2.43. The van der Waals surface area contributed by atoms with E-state index in [0.717, 1.165) is 30.5 Å². The number of amides is 1. The number of hydrogen-bond donors (Lipinski definition) is 3. The summed E-state index contributed by atoms with van der Waals surface area (Å²) in [5.74, 6) is 1.59. The molecule has 1 aliphatic carbocycles. The summed E-state index contributed by atoms with van der Waals surface area (Å²) in [6.45, 7) is 5.68. The zero-order valence-electron chi connectivity index (χ0n) is 15.7. The molecule has 1 fully saturated rings. The van der Waals surface area contributed by atoms with E-state index in [4.69, 9.17) is 10.00 Å². The standard InChI is InChI=1S/C19H24N6O2/c1-11(2)22-19(26)27-15-5-4-13(7-15)16-8-18(25-24-16)23-17-6-12(3)14(9-20)10-21-17/h6,8,10-11,13,15H,4-5,7H2,1-3H3,(H,22,26)(H2,21,23,24,25)/t13-,15+/m0/s1. The molecule has 0 bridgehead atoms. The summed E-state index contributed by atoms with van der Waals surface area (Å²) in [6.07, 6.45) is 3.68. The number of ether oxygens (including phenoxy) is 1. The van der Waals surface area contributed by atoms with Crippen LogP contribution in [0.4, 0.5) is 16.4 Å². The van der Waals surface area contributed by atoms with Crippen LogP contribution >= 0.6 is 0 Å². The summed E-state index contributed by atoms with van der Waals surface area (Å²) >= 11 is 0. The molecule has 2 heterocycles. The highest BCUT2D eigenvalue weighted by Crippen LogP contribution is 2.36. The summed E-state index contributed by atoms with van der Waals surface area (Å²) < 4.78 is 5.48. The fraction of sp³-hybridized carbons (Fsp3) is 0.474. The minimum Gasteiger partial charge on any atom is -0.446 e. The smallest absolute Gasteiger partial charge is 0.407 e. The van der Waals surface area contributed by atoms with Crippen LogP contribution in [0.25, 0.3) is 0 Å². The third-order valence-electron chi connectivity index (χ3n) is 4.59. The third-order valence-corrected chi connectivity index (χ3v) is 4.59. The molecular formula is C19H24N6O2. The highest BCUT2D eigenvalue weighted by atomic mass is 16.6. The molecular weight excluding hydrogens is 344 g/mol. The first-order valence-electron chi connectivity index (χ1n) is 9.10. The zero-order valence-corrected chi connectivity index (χ0v) is 15.7. The normalized spacial score (nSPS) is 18.9. The number of aromatic nitrogens is 3. The van der Waals surface area contributed by atoms with Crippen molar-refractivity contribution in [2.75, 3.05) is 5.32 Å². The van der Waals surface area contributed by atoms with Crippen molar-refractivity contribution in [1.29, 1.82) is 5.26 Å². The number of rotatable bonds is 5. The molecule has 142 valence electrons. The molecule has 0 saturated heterocycles. The number of hydrogen-bond acceptors (Lipinski definition) is 6. The number of nitrogens with one attached hydrogen (secondary N) is 3. The van der Waals surface area contributed by atoms with Crippen LogP contribution in [0.2, 0.25) is 0 Å². The summed E-state index contributed by atoms with van der Waals surface area (Å²) in [5, 5.41) is 22.2. The Kier molecular flexibility index (Phi) is 5.60. The van der Waals surface area contributed by atoms with E-state index in [1.54, 1.807) is 6.20 Å². The van der Waals surface area contributed by atoms with E-state index in [0.29, 0.717) is 17.2 Å². The molecule has 0 aromatic carbocycles. The molecule has 2 atom stereocenters. The number of H-pyrrole nitrogens is 1. The van der Waals surface area contributed by atoms with Crippen LogP contribution in [0.3, 0.4) is 0 Å². The Hall–Kier alpha value is -3.08. The predicted octanol–water partition coefficient (Wildman–Crippen LogP) is 3.50. The average molecular weight is 368 g/mol. The van der Waals surface area contributed by atoms with Gasteiger partial charge in [0, 0.05) is 29.9 Å². The lowest BCUT2D eigenvalue weighted by Gasteiger charge is -2.14. The van der Waals surface area contributed by atoms with Gasteiger partial charge >= 0.3 is 6.09 Å².